The van der Waals surface area contributed by atoms with Crippen LogP contribution < -0.4 is 14.9 Å². The lowest BCUT2D eigenvalue weighted by Gasteiger charge is -2.13. The Morgan fingerprint density at radius 3 is 2.15 bits per heavy atom. The maximum atomic E-state index is 12.3. The Kier molecular flexibility index (Phi) is 6.98. The van der Waals surface area contributed by atoms with Crippen molar-refractivity contribution in [2.24, 2.45) is 0 Å². The van der Waals surface area contributed by atoms with E-state index in [1.165, 1.54) is 24.3 Å². The molecule has 0 saturated heterocycles. The first kappa shape index (κ1) is 20.9. The van der Waals surface area contributed by atoms with Crippen LogP contribution in [-0.4, -0.2) is 34.5 Å². The molecule has 2 rings (SSSR count). The summed E-state index contributed by atoms with van der Waals surface area (Å²) in [5.74, 6) is -0.245. The van der Waals surface area contributed by atoms with Gasteiger partial charge < -0.3 is 10.2 Å². The lowest BCUT2D eigenvalue weighted by Crippen LogP contribution is -2.32. The van der Waals surface area contributed by atoms with Crippen molar-refractivity contribution in [1.82, 2.24) is 10.0 Å². The number of amides is 1. The highest BCUT2D eigenvalue weighted by atomic mass is 32.2. The second-order valence-corrected chi connectivity index (χ2v) is 8.41. The van der Waals surface area contributed by atoms with Gasteiger partial charge in [-0.3, -0.25) is 4.79 Å². The first-order chi connectivity index (χ1) is 12.7. The number of hydrogen-bond acceptors (Lipinski definition) is 4. The standard InChI is InChI=1S/C20H27N3O3S/c1-5-15(2)22-27(25,26)19-12-8-17(9-13-19)20(24)21-14-16-6-10-18(11-7-16)23(3)4/h6-13,15,22H,5,14H2,1-4H3,(H,21,24)/t15-/m1/s1. The van der Waals surface area contributed by atoms with E-state index in [-0.39, 0.29) is 16.8 Å². The highest BCUT2D eigenvalue weighted by Gasteiger charge is 2.17. The van der Waals surface area contributed by atoms with Crippen LogP contribution in [0.4, 0.5) is 5.69 Å². The minimum Gasteiger partial charge on any atom is -0.378 e. The molecule has 0 aliphatic rings. The van der Waals surface area contributed by atoms with E-state index >= 15 is 0 Å². The average molecular weight is 390 g/mol. The maximum Gasteiger partial charge on any atom is 0.251 e. The van der Waals surface area contributed by atoms with Crippen molar-refractivity contribution in [2.45, 2.75) is 37.8 Å². The number of nitrogens with one attached hydrogen (secondary N) is 2. The molecule has 0 fully saturated rings. The van der Waals surface area contributed by atoms with E-state index in [2.05, 4.69) is 10.0 Å². The summed E-state index contributed by atoms with van der Waals surface area (Å²) < 4.78 is 27.1. The van der Waals surface area contributed by atoms with Crippen LogP contribution in [-0.2, 0) is 16.6 Å². The number of benzene rings is 2. The minimum absolute atomic E-state index is 0.142. The molecule has 1 atom stereocenters. The SMILES string of the molecule is CC[C@@H](C)NS(=O)(=O)c1ccc(C(=O)NCc2ccc(N(C)C)cc2)cc1. The van der Waals surface area contributed by atoms with Crippen LogP contribution >= 0.6 is 0 Å². The number of anilines is 1. The van der Waals surface area contributed by atoms with E-state index in [0.29, 0.717) is 18.5 Å². The maximum absolute atomic E-state index is 12.3. The number of nitrogens with zero attached hydrogens (tertiary/aromatic N) is 1. The van der Waals surface area contributed by atoms with Gasteiger partial charge in [-0.1, -0.05) is 19.1 Å². The monoisotopic (exact) mass is 389 g/mol. The van der Waals surface area contributed by atoms with Crippen LogP contribution in [0.5, 0.6) is 0 Å². The number of hydrogen-bond donors (Lipinski definition) is 2. The Morgan fingerprint density at radius 1 is 1.04 bits per heavy atom. The van der Waals surface area contributed by atoms with Gasteiger partial charge in [0, 0.05) is 37.9 Å². The summed E-state index contributed by atoms with van der Waals surface area (Å²) in [7, 11) is 0.376. The fraction of sp³-hybridized carbons (Fsp3) is 0.350. The molecule has 0 unspecified atom stereocenters. The molecule has 0 bridgehead atoms. The predicted molar refractivity (Wildman–Crippen MR) is 108 cm³/mol. The smallest absolute Gasteiger partial charge is 0.251 e. The number of rotatable bonds is 8. The fourth-order valence-electron chi connectivity index (χ4n) is 2.40. The summed E-state index contributed by atoms with van der Waals surface area (Å²) >= 11 is 0. The van der Waals surface area contributed by atoms with Crippen molar-refractivity contribution in [2.75, 3.05) is 19.0 Å². The normalized spacial score (nSPS) is 12.4. The van der Waals surface area contributed by atoms with Crippen molar-refractivity contribution in [3.8, 4) is 0 Å². The lowest BCUT2D eigenvalue weighted by atomic mass is 10.2. The Morgan fingerprint density at radius 2 is 1.63 bits per heavy atom. The summed E-state index contributed by atoms with van der Waals surface area (Å²) in [6.07, 6.45) is 0.704. The molecule has 0 spiro atoms. The highest BCUT2D eigenvalue weighted by Crippen LogP contribution is 2.14. The van der Waals surface area contributed by atoms with Gasteiger partial charge in [0.2, 0.25) is 10.0 Å². The quantitative estimate of drug-likeness (QED) is 0.728. The summed E-state index contributed by atoms with van der Waals surface area (Å²) in [6, 6.07) is 13.7. The van der Waals surface area contributed by atoms with Gasteiger partial charge in [0.05, 0.1) is 4.90 Å². The van der Waals surface area contributed by atoms with Gasteiger partial charge in [0.1, 0.15) is 0 Å². The number of carbonyl (C=O) groups is 1. The predicted octanol–water partition coefficient (Wildman–Crippen LogP) is 2.76. The van der Waals surface area contributed by atoms with Crippen molar-refractivity contribution >= 4 is 21.6 Å². The van der Waals surface area contributed by atoms with Crippen molar-refractivity contribution < 1.29 is 13.2 Å². The zero-order valence-electron chi connectivity index (χ0n) is 16.2. The zero-order valence-corrected chi connectivity index (χ0v) is 17.0. The molecule has 2 aromatic rings. The summed E-state index contributed by atoms with van der Waals surface area (Å²) in [4.78, 5) is 14.5. The summed E-state index contributed by atoms with van der Waals surface area (Å²) in [5, 5.41) is 2.85. The van der Waals surface area contributed by atoms with Crippen LogP contribution in [0.25, 0.3) is 0 Å². The van der Waals surface area contributed by atoms with Crippen LogP contribution in [0.3, 0.4) is 0 Å². The highest BCUT2D eigenvalue weighted by molar-refractivity contribution is 7.89. The first-order valence-corrected chi connectivity index (χ1v) is 10.4. The molecule has 27 heavy (non-hydrogen) atoms. The topological polar surface area (TPSA) is 78.5 Å². The molecule has 2 aromatic carbocycles. The molecule has 0 aliphatic heterocycles. The molecule has 6 nitrogen and oxygen atoms in total. The van der Waals surface area contributed by atoms with E-state index in [9.17, 15) is 13.2 Å². The van der Waals surface area contributed by atoms with E-state index in [0.717, 1.165) is 11.3 Å². The molecule has 7 heteroatoms. The molecule has 2 N–H and O–H groups in total. The van der Waals surface area contributed by atoms with E-state index in [4.69, 9.17) is 0 Å². The van der Waals surface area contributed by atoms with E-state index in [1.807, 2.05) is 57.1 Å². The van der Waals surface area contributed by atoms with Gasteiger partial charge in [-0.25, -0.2) is 13.1 Å². The third-order valence-corrected chi connectivity index (χ3v) is 5.91. The number of sulfonamides is 1. The van der Waals surface area contributed by atoms with Crippen molar-refractivity contribution in [3.05, 3.63) is 59.7 Å². The molecule has 146 valence electrons. The number of carbonyl (C=O) groups excluding carboxylic acids is 1. The van der Waals surface area contributed by atoms with Crippen LogP contribution in [0.15, 0.2) is 53.4 Å². The van der Waals surface area contributed by atoms with Crippen LogP contribution in [0.1, 0.15) is 36.2 Å². The fourth-order valence-corrected chi connectivity index (χ4v) is 3.72. The summed E-state index contributed by atoms with van der Waals surface area (Å²) in [6.45, 7) is 4.13. The van der Waals surface area contributed by atoms with Gasteiger partial charge >= 0.3 is 0 Å². The molecule has 0 saturated carbocycles. The van der Waals surface area contributed by atoms with Gasteiger partial charge in [0.25, 0.3) is 5.91 Å². The second kappa shape index (κ2) is 9.01. The lowest BCUT2D eigenvalue weighted by molar-refractivity contribution is 0.0951. The van der Waals surface area contributed by atoms with Gasteiger partial charge in [-0.15, -0.1) is 0 Å². The van der Waals surface area contributed by atoms with Gasteiger partial charge in [-0.05, 0) is 55.3 Å². The second-order valence-electron chi connectivity index (χ2n) is 6.70. The Balaban J connectivity index is 1.99. The minimum atomic E-state index is -3.57. The molecule has 0 heterocycles. The van der Waals surface area contributed by atoms with Crippen molar-refractivity contribution in [1.29, 1.82) is 0 Å². The van der Waals surface area contributed by atoms with E-state index < -0.39 is 10.0 Å². The molecule has 0 aromatic heterocycles. The van der Waals surface area contributed by atoms with E-state index in [1.54, 1.807) is 0 Å². The first-order valence-electron chi connectivity index (χ1n) is 8.89. The van der Waals surface area contributed by atoms with Crippen LogP contribution in [0.2, 0.25) is 0 Å². The molecular formula is C20H27N3O3S. The Bertz CT molecular complexity index is 860. The summed E-state index contributed by atoms with van der Waals surface area (Å²) in [5.41, 5.74) is 2.50. The van der Waals surface area contributed by atoms with Gasteiger partial charge in [-0.2, -0.15) is 0 Å². The Labute approximate surface area is 161 Å². The largest absolute Gasteiger partial charge is 0.378 e. The Hall–Kier alpha value is -2.38. The average Bonchev–Trinajstić information content (AvgIpc) is 2.66. The molecule has 0 radical (unpaired) electrons. The zero-order chi connectivity index (χ0) is 20.0. The van der Waals surface area contributed by atoms with Crippen molar-refractivity contribution in [3.63, 3.8) is 0 Å². The van der Waals surface area contributed by atoms with Gasteiger partial charge in [0.15, 0.2) is 0 Å². The van der Waals surface area contributed by atoms with Crippen LogP contribution in [0, 0.1) is 0 Å². The molecule has 1 amide bonds. The third kappa shape index (κ3) is 5.80. The molecular weight excluding hydrogens is 362 g/mol. The molecule has 0 aliphatic carbocycles. The third-order valence-electron chi connectivity index (χ3n) is 4.30.